The second kappa shape index (κ2) is 7.66. The smallest absolute Gasteiger partial charge is 0.337 e. The van der Waals surface area contributed by atoms with Gasteiger partial charge in [-0.15, -0.1) is 0 Å². The molecule has 7 nitrogen and oxygen atoms in total. The maximum absolute atomic E-state index is 12.8. The molecule has 28 heavy (non-hydrogen) atoms. The standard InChI is InChI=1S/C21H25N3O4/c1-28-21(27)14-10-8-13(9-11-14)16-12-17(25)22-19-18(16)20(26)23-24(19)15-6-4-2-3-5-7-15/h8-11,15-16H,2-7,12H2,1H3,(H,22,25)(H,23,26)/t16-/m1/s1. The number of esters is 1. The molecule has 0 bridgehead atoms. The van der Waals surface area contributed by atoms with Gasteiger partial charge in [0, 0.05) is 12.3 Å². The first-order valence-electron chi connectivity index (χ1n) is 9.91. The van der Waals surface area contributed by atoms with Gasteiger partial charge in [0.05, 0.1) is 24.3 Å². The number of aromatic amines is 1. The van der Waals surface area contributed by atoms with Gasteiger partial charge in [0.1, 0.15) is 5.82 Å². The molecule has 148 valence electrons. The van der Waals surface area contributed by atoms with Gasteiger partial charge in [-0.25, -0.2) is 4.79 Å². The normalized spacial score (nSPS) is 20.2. The Bertz CT molecular complexity index is 934. The summed E-state index contributed by atoms with van der Waals surface area (Å²) < 4.78 is 6.62. The van der Waals surface area contributed by atoms with Gasteiger partial charge in [-0.3, -0.25) is 19.4 Å². The van der Waals surface area contributed by atoms with Crippen LogP contribution in [-0.2, 0) is 9.53 Å². The molecule has 1 aromatic heterocycles. The first-order valence-corrected chi connectivity index (χ1v) is 9.91. The fraction of sp³-hybridized carbons (Fsp3) is 0.476. The summed E-state index contributed by atoms with van der Waals surface area (Å²) in [4.78, 5) is 36.9. The van der Waals surface area contributed by atoms with Crippen LogP contribution >= 0.6 is 0 Å². The van der Waals surface area contributed by atoms with Crippen LogP contribution in [0.4, 0.5) is 5.82 Å². The summed E-state index contributed by atoms with van der Waals surface area (Å²) >= 11 is 0. The number of fused-ring (bicyclic) bond motifs is 1. The molecule has 0 spiro atoms. The lowest BCUT2D eigenvalue weighted by Crippen LogP contribution is -2.27. The second-order valence-corrected chi connectivity index (χ2v) is 7.64. The van der Waals surface area contributed by atoms with Crippen LogP contribution in [0.2, 0.25) is 0 Å². The molecule has 0 radical (unpaired) electrons. The first kappa shape index (κ1) is 18.5. The topological polar surface area (TPSA) is 93.2 Å². The molecule has 1 aliphatic heterocycles. The minimum absolute atomic E-state index is 0.101. The monoisotopic (exact) mass is 383 g/mol. The van der Waals surface area contributed by atoms with Crippen molar-refractivity contribution in [2.45, 2.75) is 56.9 Å². The predicted molar refractivity (Wildman–Crippen MR) is 105 cm³/mol. The molecule has 2 aliphatic rings. The summed E-state index contributed by atoms with van der Waals surface area (Å²) in [7, 11) is 1.34. The number of aromatic nitrogens is 2. The van der Waals surface area contributed by atoms with E-state index < -0.39 is 5.97 Å². The lowest BCUT2D eigenvalue weighted by molar-refractivity contribution is -0.116. The van der Waals surface area contributed by atoms with E-state index in [-0.39, 0.29) is 29.8 Å². The Morgan fingerprint density at radius 2 is 1.75 bits per heavy atom. The van der Waals surface area contributed by atoms with Crippen molar-refractivity contribution in [3.63, 3.8) is 0 Å². The summed E-state index contributed by atoms with van der Waals surface area (Å²) in [6.07, 6.45) is 6.91. The zero-order chi connectivity index (χ0) is 19.7. The summed E-state index contributed by atoms with van der Waals surface area (Å²) in [6.45, 7) is 0. The zero-order valence-corrected chi connectivity index (χ0v) is 16.0. The third-order valence-corrected chi connectivity index (χ3v) is 5.88. The van der Waals surface area contributed by atoms with Crippen LogP contribution in [0, 0.1) is 0 Å². The number of ether oxygens (including phenoxy) is 1. The van der Waals surface area contributed by atoms with Crippen molar-refractivity contribution in [2.75, 3.05) is 12.4 Å². The zero-order valence-electron chi connectivity index (χ0n) is 16.0. The van der Waals surface area contributed by atoms with Gasteiger partial charge in [-0.1, -0.05) is 37.8 Å². The van der Waals surface area contributed by atoms with Gasteiger partial charge in [0.2, 0.25) is 5.91 Å². The third-order valence-electron chi connectivity index (χ3n) is 5.88. The highest BCUT2D eigenvalue weighted by Gasteiger charge is 2.34. The number of carbonyl (C=O) groups excluding carboxylic acids is 2. The average molecular weight is 383 g/mol. The van der Waals surface area contributed by atoms with Gasteiger partial charge >= 0.3 is 5.97 Å². The van der Waals surface area contributed by atoms with Crippen molar-refractivity contribution in [1.29, 1.82) is 0 Å². The number of hydrogen-bond donors (Lipinski definition) is 2. The number of anilines is 1. The van der Waals surface area contributed by atoms with Crippen molar-refractivity contribution < 1.29 is 14.3 Å². The van der Waals surface area contributed by atoms with Crippen LogP contribution in [-0.4, -0.2) is 28.8 Å². The maximum Gasteiger partial charge on any atom is 0.337 e. The Hall–Kier alpha value is -2.83. The van der Waals surface area contributed by atoms with Gasteiger partial charge in [0.15, 0.2) is 0 Å². The van der Waals surface area contributed by atoms with Crippen molar-refractivity contribution in [3.8, 4) is 0 Å². The number of rotatable bonds is 3. The van der Waals surface area contributed by atoms with E-state index in [1.165, 1.54) is 20.0 Å². The van der Waals surface area contributed by atoms with E-state index in [2.05, 4.69) is 10.4 Å². The van der Waals surface area contributed by atoms with Crippen LogP contribution in [0.1, 0.15) is 78.4 Å². The average Bonchev–Trinajstić information content (AvgIpc) is 2.89. The van der Waals surface area contributed by atoms with Gasteiger partial charge in [0.25, 0.3) is 5.56 Å². The van der Waals surface area contributed by atoms with Crippen LogP contribution in [0.15, 0.2) is 29.1 Å². The van der Waals surface area contributed by atoms with Crippen LogP contribution < -0.4 is 10.9 Å². The van der Waals surface area contributed by atoms with E-state index in [0.717, 1.165) is 31.2 Å². The van der Waals surface area contributed by atoms with E-state index in [1.54, 1.807) is 24.3 Å². The minimum Gasteiger partial charge on any atom is -0.465 e. The molecule has 1 fully saturated rings. The molecule has 0 unspecified atom stereocenters. The van der Waals surface area contributed by atoms with Gasteiger partial charge in [-0.05, 0) is 30.5 Å². The van der Waals surface area contributed by atoms with Crippen LogP contribution in [0.25, 0.3) is 0 Å². The molecule has 1 saturated carbocycles. The molecule has 0 saturated heterocycles. The molecule has 2 heterocycles. The molecular formula is C21H25N3O4. The highest BCUT2D eigenvalue weighted by molar-refractivity contribution is 5.94. The van der Waals surface area contributed by atoms with Crippen molar-refractivity contribution in [3.05, 3.63) is 51.3 Å². The summed E-state index contributed by atoms with van der Waals surface area (Å²) in [5, 5.41) is 5.91. The van der Waals surface area contributed by atoms with E-state index in [1.807, 2.05) is 4.68 Å². The summed E-state index contributed by atoms with van der Waals surface area (Å²) in [6, 6.07) is 7.14. The number of hydrogen-bond acceptors (Lipinski definition) is 4. The van der Waals surface area contributed by atoms with Crippen LogP contribution in [0.3, 0.4) is 0 Å². The largest absolute Gasteiger partial charge is 0.465 e. The summed E-state index contributed by atoms with van der Waals surface area (Å²) in [5.41, 5.74) is 1.74. The van der Waals surface area contributed by atoms with Crippen molar-refractivity contribution in [2.24, 2.45) is 0 Å². The number of H-pyrrole nitrogens is 1. The molecule has 2 N–H and O–H groups in total. The van der Waals surface area contributed by atoms with Crippen molar-refractivity contribution >= 4 is 17.7 Å². The molecule has 1 aromatic carbocycles. The predicted octanol–water partition coefficient (Wildman–Crippen LogP) is 3.33. The fourth-order valence-corrected chi connectivity index (χ4v) is 4.43. The molecule has 1 atom stereocenters. The highest BCUT2D eigenvalue weighted by Crippen LogP contribution is 2.38. The molecule has 1 aliphatic carbocycles. The van der Waals surface area contributed by atoms with E-state index in [0.29, 0.717) is 16.9 Å². The number of carbonyl (C=O) groups is 2. The molecule has 1 amide bonds. The Kier molecular flexibility index (Phi) is 5.07. The first-order chi connectivity index (χ1) is 13.6. The summed E-state index contributed by atoms with van der Waals surface area (Å²) in [5.74, 6) is -0.233. The molecular weight excluding hydrogens is 358 g/mol. The number of amides is 1. The molecule has 4 rings (SSSR count). The Labute approximate surface area is 163 Å². The van der Waals surface area contributed by atoms with Crippen LogP contribution in [0.5, 0.6) is 0 Å². The SMILES string of the molecule is COC(=O)c1ccc([C@H]2CC(=O)Nc3c2c(=O)[nH]n3C2CCCCCC2)cc1. The Balaban J connectivity index is 1.72. The Morgan fingerprint density at radius 3 is 2.39 bits per heavy atom. The maximum atomic E-state index is 12.8. The lowest BCUT2D eigenvalue weighted by atomic mass is 9.86. The molecule has 7 heteroatoms. The van der Waals surface area contributed by atoms with Crippen molar-refractivity contribution in [1.82, 2.24) is 9.78 Å². The number of nitrogens with zero attached hydrogens (tertiary/aromatic N) is 1. The van der Waals surface area contributed by atoms with Gasteiger partial charge in [-0.2, -0.15) is 0 Å². The quantitative estimate of drug-likeness (QED) is 0.628. The fourth-order valence-electron chi connectivity index (χ4n) is 4.43. The number of methoxy groups -OCH3 is 1. The second-order valence-electron chi connectivity index (χ2n) is 7.64. The third kappa shape index (κ3) is 3.37. The van der Waals surface area contributed by atoms with E-state index in [4.69, 9.17) is 4.74 Å². The number of benzene rings is 1. The van der Waals surface area contributed by atoms with E-state index in [9.17, 15) is 14.4 Å². The minimum atomic E-state index is -0.411. The lowest BCUT2D eigenvalue weighted by Gasteiger charge is -2.26. The Morgan fingerprint density at radius 1 is 1.07 bits per heavy atom. The molecule has 2 aromatic rings. The van der Waals surface area contributed by atoms with Gasteiger partial charge < -0.3 is 10.1 Å². The number of nitrogens with one attached hydrogen (secondary N) is 2. The highest BCUT2D eigenvalue weighted by atomic mass is 16.5. The van der Waals surface area contributed by atoms with E-state index >= 15 is 0 Å².